The summed E-state index contributed by atoms with van der Waals surface area (Å²) in [6.45, 7) is 0. The van der Waals surface area contributed by atoms with E-state index in [9.17, 15) is 0 Å². The molecule has 0 fully saturated rings. The molecular formula is C25H19NO. The molecule has 0 saturated carbocycles. The number of hydrogen-bond donors (Lipinski definition) is 1. The van der Waals surface area contributed by atoms with Crippen molar-refractivity contribution < 1.29 is 4.74 Å². The van der Waals surface area contributed by atoms with Crippen LogP contribution in [0.4, 0.5) is 5.69 Å². The summed E-state index contributed by atoms with van der Waals surface area (Å²) in [5.41, 5.74) is 13.2. The zero-order chi connectivity index (χ0) is 18.2. The molecule has 2 N–H and O–H groups in total. The van der Waals surface area contributed by atoms with Crippen LogP contribution in [-0.4, -0.2) is 0 Å². The number of nitrogen functional groups attached to an aromatic ring is 1. The van der Waals surface area contributed by atoms with E-state index in [1.807, 2.05) is 36.4 Å². The predicted octanol–water partition coefficient (Wildman–Crippen LogP) is 6.22. The molecule has 27 heavy (non-hydrogen) atoms. The third kappa shape index (κ3) is 2.76. The molecule has 0 spiro atoms. The highest BCUT2D eigenvalue weighted by Gasteiger charge is 2.29. The summed E-state index contributed by atoms with van der Waals surface area (Å²) in [5, 5.41) is 0. The van der Waals surface area contributed by atoms with Crippen LogP contribution < -0.4 is 10.5 Å². The molecule has 0 unspecified atom stereocenters. The average molecular weight is 349 g/mol. The number of ether oxygens (including phenoxy) is 1. The van der Waals surface area contributed by atoms with Crippen LogP contribution >= 0.6 is 0 Å². The highest BCUT2D eigenvalue weighted by Crippen LogP contribution is 2.47. The molecule has 1 aliphatic rings. The van der Waals surface area contributed by atoms with Crippen LogP contribution in [0.25, 0.3) is 11.1 Å². The van der Waals surface area contributed by atoms with Gasteiger partial charge in [-0.05, 0) is 52.1 Å². The Balaban J connectivity index is 1.50. The van der Waals surface area contributed by atoms with E-state index in [-0.39, 0.29) is 5.92 Å². The van der Waals surface area contributed by atoms with Gasteiger partial charge < -0.3 is 10.5 Å². The van der Waals surface area contributed by atoms with Crippen molar-refractivity contribution in [3.05, 3.63) is 114 Å². The molecule has 0 amide bonds. The van der Waals surface area contributed by atoms with E-state index in [0.29, 0.717) is 5.69 Å². The highest BCUT2D eigenvalue weighted by molar-refractivity contribution is 5.80. The van der Waals surface area contributed by atoms with Crippen LogP contribution in [0.15, 0.2) is 97.1 Å². The van der Waals surface area contributed by atoms with Crippen molar-refractivity contribution in [1.29, 1.82) is 0 Å². The van der Waals surface area contributed by atoms with Gasteiger partial charge in [-0.15, -0.1) is 0 Å². The number of anilines is 1. The quantitative estimate of drug-likeness (QED) is 0.392. The zero-order valence-corrected chi connectivity index (χ0v) is 14.8. The number of rotatable bonds is 3. The normalized spacial score (nSPS) is 12.4. The molecule has 0 aromatic heterocycles. The van der Waals surface area contributed by atoms with E-state index >= 15 is 0 Å². The number of nitrogens with two attached hydrogens (primary N) is 1. The molecule has 0 bridgehead atoms. The van der Waals surface area contributed by atoms with Gasteiger partial charge in [-0.3, -0.25) is 0 Å². The van der Waals surface area contributed by atoms with E-state index in [0.717, 1.165) is 11.5 Å². The molecule has 0 radical (unpaired) electrons. The van der Waals surface area contributed by atoms with Gasteiger partial charge in [-0.25, -0.2) is 0 Å². The summed E-state index contributed by atoms with van der Waals surface area (Å²) in [6, 6.07) is 33.2. The van der Waals surface area contributed by atoms with Gasteiger partial charge in [0.2, 0.25) is 0 Å². The molecule has 2 heteroatoms. The van der Waals surface area contributed by atoms with Gasteiger partial charge in [0, 0.05) is 17.7 Å². The summed E-state index contributed by atoms with van der Waals surface area (Å²) in [6.07, 6.45) is 0. The Labute approximate surface area is 158 Å². The molecule has 4 aromatic carbocycles. The lowest BCUT2D eigenvalue weighted by Gasteiger charge is -2.15. The smallest absolute Gasteiger partial charge is 0.129 e. The molecule has 0 aliphatic heterocycles. The van der Waals surface area contributed by atoms with Crippen LogP contribution in [-0.2, 0) is 0 Å². The Kier molecular flexibility index (Phi) is 3.68. The van der Waals surface area contributed by atoms with Crippen molar-refractivity contribution >= 4 is 5.69 Å². The standard InChI is InChI=1S/C25H19NO/c26-18-6-5-7-20(16-18)27-19-14-12-17(13-15-19)25-23-10-3-1-8-21(23)22-9-2-4-11-24(22)25/h1-16,25H,26H2. The lowest BCUT2D eigenvalue weighted by atomic mass is 9.89. The topological polar surface area (TPSA) is 35.2 Å². The van der Waals surface area contributed by atoms with Crippen LogP contribution in [0.2, 0.25) is 0 Å². The summed E-state index contributed by atoms with van der Waals surface area (Å²) in [4.78, 5) is 0. The fourth-order valence-electron chi connectivity index (χ4n) is 3.96. The Morgan fingerprint density at radius 2 is 1.22 bits per heavy atom. The van der Waals surface area contributed by atoms with Crippen molar-refractivity contribution in [3.8, 4) is 22.6 Å². The van der Waals surface area contributed by atoms with Gasteiger partial charge in [0.15, 0.2) is 0 Å². The van der Waals surface area contributed by atoms with Crippen LogP contribution in [0, 0.1) is 0 Å². The van der Waals surface area contributed by atoms with Crippen LogP contribution in [0.3, 0.4) is 0 Å². The first-order chi connectivity index (χ1) is 13.3. The fraction of sp³-hybridized carbons (Fsp3) is 0.0400. The summed E-state index contributed by atoms with van der Waals surface area (Å²) in [5.74, 6) is 1.82. The molecule has 5 rings (SSSR count). The van der Waals surface area contributed by atoms with Crippen molar-refractivity contribution in [2.45, 2.75) is 5.92 Å². The van der Waals surface area contributed by atoms with E-state index in [1.165, 1.54) is 27.8 Å². The SMILES string of the molecule is Nc1cccc(Oc2ccc(C3c4ccccc4-c4ccccc43)cc2)c1. The Hall–Kier alpha value is -3.52. The minimum atomic E-state index is 0.263. The maximum absolute atomic E-state index is 5.94. The molecule has 2 nitrogen and oxygen atoms in total. The van der Waals surface area contributed by atoms with Gasteiger partial charge in [-0.1, -0.05) is 66.7 Å². The molecule has 0 saturated heterocycles. The molecule has 4 aromatic rings. The minimum absolute atomic E-state index is 0.263. The number of hydrogen-bond acceptors (Lipinski definition) is 2. The minimum Gasteiger partial charge on any atom is -0.457 e. The molecule has 130 valence electrons. The molecular weight excluding hydrogens is 330 g/mol. The van der Waals surface area contributed by atoms with Gasteiger partial charge in [0.25, 0.3) is 0 Å². The van der Waals surface area contributed by atoms with Crippen molar-refractivity contribution in [2.24, 2.45) is 0 Å². The maximum Gasteiger partial charge on any atom is 0.129 e. The maximum atomic E-state index is 5.94. The third-order valence-electron chi connectivity index (χ3n) is 5.14. The van der Waals surface area contributed by atoms with Crippen molar-refractivity contribution in [1.82, 2.24) is 0 Å². The largest absolute Gasteiger partial charge is 0.457 e. The second kappa shape index (κ2) is 6.33. The van der Waals surface area contributed by atoms with E-state index in [2.05, 4.69) is 60.7 Å². The van der Waals surface area contributed by atoms with E-state index in [4.69, 9.17) is 10.5 Å². The van der Waals surface area contributed by atoms with Crippen LogP contribution in [0.5, 0.6) is 11.5 Å². The lowest BCUT2D eigenvalue weighted by molar-refractivity contribution is 0.483. The monoisotopic (exact) mass is 349 g/mol. The first-order valence-corrected chi connectivity index (χ1v) is 9.11. The first-order valence-electron chi connectivity index (χ1n) is 9.11. The third-order valence-corrected chi connectivity index (χ3v) is 5.14. The molecule has 0 heterocycles. The Morgan fingerprint density at radius 1 is 0.593 bits per heavy atom. The van der Waals surface area contributed by atoms with E-state index < -0.39 is 0 Å². The first kappa shape index (κ1) is 15.7. The zero-order valence-electron chi connectivity index (χ0n) is 14.8. The number of fused-ring (bicyclic) bond motifs is 3. The highest BCUT2D eigenvalue weighted by atomic mass is 16.5. The molecule has 1 aliphatic carbocycles. The summed E-state index contributed by atoms with van der Waals surface area (Å²) < 4.78 is 5.94. The average Bonchev–Trinajstić information content (AvgIpc) is 3.03. The predicted molar refractivity (Wildman–Crippen MR) is 110 cm³/mol. The van der Waals surface area contributed by atoms with Crippen LogP contribution in [0.1, 0.15) is 22.6 Å². The lowest BCUT2D eigenvalue weighted by Crippen LogP contribution is -1.99. The van der Waals surface area contributed by atoms with Crippen molar-refractivity contribution in [3.63, 3.8) is 0 Å². The Bertz CT molecular complexity index is 1070. The Morgan fingerprint density at radius 3 is 1.85 bits per heavy atom. The summed E-state index contributed by atoms with van der Waals surface area (Å²) in [7, 11) is 0. The van der Waals surface area contributed by atoms with Gasteiger partial charge in [0.1, 0.15) is 11.5 Å². The second-order valence-electron chi connectivity index (χ2n) is 6.85. The summed E-state index contributed by atoms with van der Waals surface area (Å²) >= 11 is 0. The fourth-order valence-corrected chi connectivity index (χ4v) is 3.96. The van der Waals surface area contributed by atoms with Gasteiger partial charge >= 0.3 is 0 Å². The van der Waals surface area contributed by atoms with Crippen molar-refractivity contribution in [2.75, 3.05) is 5.73 Å². The molecule has 0 atom stereocenters. The van der Waals surface area contributed by atoms with Gasteiger partial charge in [0.05, 0.1) is 0 Å². The second-order valence-corrected chi connectivity index (χ2v) is 6.85. The number of benzene rings is 4. The van der Waals surface area contributed by atoms with E-state index in [1.54, 1.807) is 0 Å². The van der Waals surface area contributed by atoms with Gasteiger partial charge in [-0.2, -0.15) is 0 Å².